The number of aryl methyl sites for hydroxylation is 1. The number of anilines is 1. The third kappa shape index (κ3) is 4.28. The molecule has 7 heteroatoms. The number of amides is 2. The predicted molar refractivity (Wildman–Crippen MR) is 92.2 cm³/mol. The summed E-state index contributed by atoms with van der Waals surface area (Å²) in [5, 5.41) is 2.78. The molecule has 1 N–H and O–H groups in total. The van der Waals surface area contributed by atoms with Gasteiger partial charge in [-0.1, -0.05) is 30.3 Å². The van der Waals surface area contributed by atoms with E-state index in [4.69, 9.17) is 4.74 Å². The molecule has 0 aliphatic carbocycles. The van der Waals surface area contributed by atoms with Gasteiger partial charge >= 0.3 is 12.2 Å². The first-order valence-corrected chi connectivity index (χ1v) is 8.38. The molecule has 0 radical (unpaired) electrons. The highest BCUT2D eigenvalue weighted by Crippen LogP contribution is 2.39. The van der Waals surface area contributed by atoms with E-state index in [0.29, 0.717) is 12.2 Å². The van der Waals surface area contributed by atoms with E-state index in [2.05, 4.69) is 17.4 Å². The number of hydrogen-bond acceptors (Lipinski definition) is 2. The van der Waals surface area contributed by atoms with Gasteiger partial charge in [-0.2, -0.15) is 13.2 Å². The number of carbonyl (C=O) groups excluding carboxylic acids is 1. The molecule has 0 saturated carbocycles. The van der Waals surface area contributed by atoms with Gasteiger partial charge in [0.25, 0.3) is 0 Å². The molecule has 1 aliphatic rings. The monoisotopic (exact) mass is 364 g/mol. The van der Waals surface area contributed by atoms with Crippen LogP contribution in [0.2, 0.25) is 0 Å². The Morgan fingerprint density at radius 2 is 1.88 bits per heavy atom. The smallest absolute Gasteiger partial charge is 0.416 e. The molecule has 2 amide bonds. The highest BCUT2D eigenvalue weighted by Gasteiger charge is 2.34. The number of nitrogens with one attached hydrogen (secondary N) is 1. The molecule has 4 nitrogen and oxygen atoms in total. The van der Waals surface area contributed by atoms with Gasteiger partial charge in [0.2, 0.25) is 0 Å². The lowest BCUT2D eigenvalue weighted by molar-refractivity contribution is -0.137. The predicted octanol–water partition coefficient (Wildman–Crippen LogP) is 4.59. The van der Waals surface area contributed by atoms with Crippen LogP contribution in [0.25, 0.3) is 0 Å². The van der Waals surface area contributed by atoms with Crippen molar-refractivity contribution < 1.29 is 22.7 Å². The number of carbonyl (C=O) groups is 1. The molecule has 3 rings (SSSR count). The van der Waals surface area contributed by atoms with Crippen molar-refractivity contribution in [3.05, 3.63) is 59.7 Å². The zero-order valence-electron chi connectivity index (χ0n) is 14.1. The van der Waals surface area contributed by atoms with Crippen LogP contribution in [0.3, 0.4) is 0 Å². The zero-order valence-corrected chi connectivity index (χ0v) is 14.1. The van der Waals surface area contributed by atoms with Gasteiger partial charge in [-0.3, -0.25) is 4.90 Å². The second kappa shape index (κ2) is 7.68. The maximum absolute atomic E-state index is 12.7. The topological polar surface area (TPSA) is 41.6 Å². The van der Waals surface area contributed by atoms with E-state index in [1.807, 2.05) is 18.2 Å². The highest BCUT2D eigenvalue weighted by molar-refractivity contribution is 5.94. The summed E-state index contributed by atoms with van der Waals surface area (Å²) >= 11 is 0. The van der Waals surface area contributed by atoms with Gasteiger partial charge in [0, 0.05) is 6.54 Å². The molecular weight excluding hydrogens is 345 g/mol. The molecule has 1 aliphatic heterocycles. The van der Waals surface area contributed by atoms with Crippen molar-refractivity contribution in [2.75, 3.05) is 18.2 Å². The molecule has 0 unspecified atom stereocenters. The molecule has 0 fully saturated rings. The van der Waals surface area contributed by atoms with E-state index in [1.54, 1.807) is 0 Å². The van der Waals surface area contributed by atoms with E-state index < -0.39 is 11.7 Å². The van der Waals surface area contributed by atoms with E-state index in [9.17, 15) is 18.0 Å². The van der Waals surface area contributed by atoms with Crippen LogP contribution in [-0.4, -0.2) is 19.3 Å². The number of urea groups is 1. The summed E-state index contributed by atoms with van der Waals surface area (Å²) in [6.45, 7) is 0.407. The fourth-order valence-electron chi connectivity index (χ4n) is 2.79. The summed E-state index contributed by atoms with van der Waals surface area (Å²) in [5.41, 5.74) is 0.806. The number of alkyl halides is 3. The summed E-state index contributed by atoms with van der Waals surface area (Å²) in [7, 11) is 0. The normalized spacial score (nSPS) is 13.3. The van der Waals surface area contributed by atoms with Crippen molar-refractivity contribution in [3.63, 3.8) is 0 Å². The van der Waals surface area contributed by atoms with Crippen LogP contribution >= 0.6 is 0 Å². The minimum absolute atomic E-state index is 0.0686. The Hall–Kier alpha value is -2.70. The molecule has 26 heavy (non-hydrogen) atoms. The van der Waals surface area contributed by atoms with Crippen molar-refractivity contribution in [2.24, 2.45) is 0 Å². The summed E-state index contributed by atoms with van der Waals surface area (Å²) < 4.78 is 43.4. The first-order chi connectivity index (χ1) is 12.4. The van der Waals surface area contributed by atoms with Gasteiger partial charge in [0.1, 0.15) is 5.75 Å². The highest BCUT2D eigenvalue weighted by atomic mass is 19.4. The van der Waals surface area contributed by atoms with Crippen LogP contribution in [0.5, 0.6) is 5.75 Å². The zero-order chi connectivity index (χ0) is 18.6. The van der Waals surface area contributed by atoms with Gasteiger partial charge in [-0.15, -0.1) is 0 Å². The first-order valence-electron chi connectivity index (χ1n) is 8.38. The van der Waals surface area contributed by atoms with Crippen LogP contribution in [-0.2, 0) is 12.6 Å². The van der Waals surface area contributed by atoms with Crippen LogP contribution in [0.4, 0.5) is 23.7 Å². The molecule has 1 heterocycles. The summed E-state index contributed by atoms with van der Waals surface area (Å²) in [5.74, 6) is 0.0686. The Bertz CT molecular complexity index is 763. The molecular formula is C19H19F3N2O2. The molecule has 2 aromatic carbocycles. The van der Waals surface area contributed by atoms with Crippen molar-refractivity contribution >= 4 is 11.7 Å². The molecule has 0 saturated heterocycles. The van der Waals surface area contributed by atoms with Crippen LogP contribution < -0.4 is 15.0 Å². The molecule has 0 bridgehead atoms. The third-order valence-corrected chi connectivity index (χ3v) is 4.18. The van der Waals surface area contributed by atoms with Gasteiger partial charge in [0.05, 0.1) is 11.3 Å². The van der Waals surface area contributed by atoms with Gasteiger partial charge in [-0.05, 0) is 43.0 Å². The number of ether oxygens (including phenoxy) is 1. The fourth-order valence-corrected chi connectivity index (χ4v) is 2.79. The molecule has 0 spiro atoms. The maximum Gasteiger partial charge on any atom is 0.416 e. The minimum Gasteiger partial charge on any atom is -0.470 e. The van der Waals surface area contributed by atoms with Gasteiger partial charge in [0.15, 0.2) is 6.73 Å². The summed E-state index contributed by atoms with van der Waals surface area (Å²) in [6.07, 6.45) is -1.75. The number of benzene rings is 2. The van der Waals surface area contributed by atoms with E-state index in [0.717, 1.165) is 31.4 Å². The molecule has 0 aromatic heterocycles. The van der Waals surface area contributed by atoms with Gasteiger partial charge < -0.3 is 10.1 Å². The van der Waals surface area contributed by atoms with Crippen LogP contribution in [0, 0.1) is 0 Å². The average Bonchev–Trinajstić information content (AvgIpc) is 3.05. The third-order valence-electron chi connectivity index (χ3n) is 4.18. The van der Waals surface area contributed by atoms with Crippen LogP contribution in [0.1, 0.15) is 24.0 Å². The van der Waals surface area contributed by atoms with Crippen molar-refractivity contribution in [1.29, 1.82) is 0 Å². The van der Waals surface area contributed by atoms with E-state index in [-0.39, 0.29) is 18.5 Å². The minimum atomic E-state index is -4.44. The lowest BCUT2D eigenvalue weighted by atomic mass is 10.1. The van der Waals surface area contributed by atoms with Crippen molar-refractivity contribution in [3.8, 4) is 5.75 Å². The second-order valence-electron chi connectivity index (χ2n) is 6.06. The Labute approximate surface area is 149 Å². The Balaban J connectivity index is 1.48. The lowest BCUT2D eigenvalue weighted by Crippen LogP contribution is -2.40. The Morgan fingerprint density at radius 1 is 1.12 bits per heavy atom. The van der Waals surface area contributed by atoms with E-state index >= 15 is 0 Å². The van der Waals surface area contributed by atoms with E-state index in [1.165, 1.54) is 16.5 Å². The van der Waals surface area contributed by atoms with Gasteiger partial charge in [-0.25, -0.2) is 4.79 Å². The van der Waals surface area contributed by atoms with Crippen molar-refractivity contribution in [1.82, 2.24) is 5.32 Å². The SMILES string of the molecule is O=C(NCCCCc1ccccc1)N1COc2cc(C(F)(F)F)ccc21. The number of fused-ring (bicyclic) bond motifs is 1. The number of halogens is 3. The first kappa shape index (κ1) is 18.1. The summed E-state index contributed by atoms with van der Waals surface area (Å²) in [4.78, 5) is 13.5. The fraction of sp³-hybridized carbons (Fsp3) is 0.316. The average molecular weight is 364 g/mol. The number of rotatable bonds is 5. The quantitative estimate of drug-likeness (QED) is 0.788. The second-order valence-corrected chi connectivity index (χ2v) is 6.06. The molecule has 138 valence electrons. The Morgan fingerprint density at radius 3 is 2.62 bits per heavy atom. The lowest BCUT2D eigenvalue weighted by Gasteiger charge is -2.16. The summed E-state index contributed by atoms with van der Waals surface area (Å²) in [6, 6.07) is 12.8. The number of unbranched alkanes of at least 4 members (excludes halogenated alkanes) is 1. The van der Waals surface area contributed by atoms with Crippen molar-refractivity contribution in [2.45, 2.75) is 25.4 Å². The number of nitrogens with zero attached hydrogens (tertiary/aromatic N) is 1. The molecule has 2 aromatic rings. The van der Waals surface area contributed by atoms with Crippen LogP contribution in [0.15, 0.2) is 48.5 Å². The standard InChI is InChI=1S/C19H19F3N2O2/c20-19(21,22)15-9-10-16-17(12-15)26-13-24(16)18(25)23-11-5-4-8-14-6-2-1-3-7-14/h1-3,6-7,9-10,12H,4-5,8,11,13H2,(H,23,25). The molecule has 0 atom stereocenters. The maximum atomic E-state index is 12.7. The number of hydrogen-bond donors (Lipinski definition) is 1. The Kier molecular flexibility index (Phi) is 5.35. The largest absolute Gasteiger partial charge is 0.470 e.